The van der Waals surface area contributed by atoms with Crippen LogP contribution in [0.2, 0.25) is 0 Å². The minimum absolute atomic E-state index is 0.143. The molecule has 1 aromatic rings. The van der Waals surface area contributed by atoms with E-state index in [0.29, 0.717) is 0 Å². The van der Waals surface area contributed by atoms with Gasteiger partial charge in [-0.05, 0) is 25.8 Å². The summed E-state index contributed by atoms with van der Waals surface area (Å²) in [6.07, 6.45) is 3.57. The Bertz CT molecular complexity index is 420. The average molecular weight is 267 g/mol. The number of nitrogens with two attached hydrogens (primary N) is 1. The molecule has 0 aromatic carbocycles. The minimum Gasteiger partial charge on any atom is -0.368 e. The van der Waals surface area contributed by atoms with Crippen LogP contribution >= 0.6 is 11.3 Å². The SMILES string of the molecule is CCN1CCOC(c2nc3c(s2)CCCC3N)C1. The van der Waals surface area contributed by atoms with Gasteiger partial charge in [0.1, 0.15) is 11.1 Å². The molecule has 3 rings (SSSR count). The first kappa shape index (κ1) is 12.5. The summed E-state index contributed by atoms with van der Waals surface area (Å²) in [6, 6.07) is 0.143. The maximum Gasteiger partial charge on any atom is 0.123 e. The Hall–Kier alpha value is -0.490. The molecule has 0 spiro atoms. The Morgan fingerprint density at radius 2 is 2.44 bits per heavy atom. The van der Waals surface area contributed by atoms with Gasteiger partial charge in [0.25, 0.3) is 0 Å². The Kier molecular flexibility index (Phi) is 3.66. The molecule has 100 valence electrons. The van der Waals surface area contributed by atoms with Crippen LogP contribution in [0.5, 0.6) is 0 Å². The van der Waals surface area contributed by atoms with Crippen molar-refractivity contribution in [3.8, 4) is 0 Å². The predicted octanol–water partition coefficient (Wildman–Crippen LogP) is 1.87. The van der Waals surface area contributed by atoms with Crippen molar-refractivity contribution in [2.75, 3.05) is 26.2 Å². The van der Waals surface area contributed by atoms with Gasteiger partial charge in [-0.2, -0.15) is 0 Å². The number of nitrogens with zero attached hydrogens (tertiary/aromatic N) is 2. The molecule has 5 heteroatoms. The standard InChI is InChI=1S/C13H21N3OS/c1-2-16-6-7-17-10(8-16)13-15-12-9(14)4-3-5-11(12)18-13/h9-10H,2-8,14H2,1H3. The molecular formula is C13H21N3OS. The molecule has 2 unspecified atom stereocenters. The van der Waals surface area contributed by atoms with Crippen molar-refractivity contribution in [1.29, 1.82) is 0 Å². The molecule has 1 aromatic heterocycles. The van der Waals surface area contributed by atoms with Crippen molar-refractivity contribution in [3.05, 3.63) is 15.6 Å². The highest BCUT2D eigenvalue weighted by Crippen LogP contribution is 2.35. The van der Waals surface area contributed by atoms with E-state index in [-0.39, 0.29) is 12.1 Å². The van der Waals surface area contributed by atoms with Gasteiger partial charge in [0.2, 0.25) is 0 Å². The summed E-state index contributed by atoms with van der Waals surface area (Å²) in [6.45, 7) is 6.11. The van der Waals surface area contributed by atoms with E-state index in [0.717, 1.165) is 49.8 Å². The molecule has 0 amide bonds. The van der Waals surface area contributed by atoms with E-state index in [9.17, 15) is 0 Å². The number of rotatable bonds is 2. The molecule has 1 aliphatic heterocycles. The lowest BCUT2D eigenvalue weighted by molar-refractivity contribution is -0.0283. The Morgan fingerprint density at radius 3 is 3.22 bits per heavy atom. The largest absolute Gasteiger partial charge is 0.368 e. The van der Waals surface area contributed by atoms with Crippen molar-refractivity contribution in [1.82, 2.24) is 9.88 Å². The number of aryl methyl sites for hydroxylation is 1. The van der Waals surface area contributed by atoms with Crippen LogP contribution in [-0.4, -0.2) is 36.1 Å². The Balaban J connectivity index is 1.80. The van der Waals surface area contributed by atoms with Gasteiger partial charge in [-0.3, -0.25) is 4.90 Å². The van der Waals surface area contributed by atoms with Crippen LogP contribution < -0.4 is 5.73 Å². The van der Waals surface area contributed by atoms with Crippen molar-refractivity contribution in [2.24, 2.45) is 5.73 Å². The number of morpholine rings is 1. The van der Waals surface area contributed by atoms with Crippen LogP contribution in [0.25, 0.3) is 0 Å². The zero-order valence-corrected chi connectivity index (χ0v) is 11.7. The van der Waals surface area contributed by atoms with E-state index in [4.69, 9.17) is 15.5 Å². The van der Waals surface area contributed by atoms with Crippen LogP contribution in [-0.2, 0) is 11.2 Å². The molecule has 2 heterocycles. The summed E-state index contributed by atoms with van der Waals surface area (Å²) in [5.41, 5.74) is 7.27. The van der Waals surface area contributed by atoms with Gasteiger partial charge in [0, 0.05) is 24.0 Å². The first-order valence-corrected chi connectivity index (χ1v) is 7.68. The first-order chi connectivity index (χ1) is 8.78. The van der Waals surface area contributed by atoms with Gasteiger partial charge in [0.05, 0.1) is 12.3 Å². The fourth-order valence-electron chi connectivity index (χ4n) is 2.75. The Labute approximate surface area is 112 Å². The summed E-state index contributed by atoms with van der Waals surface area (Å²) in [7, 11) is 0. The average Bonchev–Trinajstić information content (AvgIpc) is 2.84. The van der Waals surface area contributed by atoms with Crippen molar-refractivity contribution >= 4 is 11.3 Å². The van der Waals surface area contributed by atoms with Crippen molar-refractivity contribution < 1.29 is 4.74 Å². The fourth-order valence-corrected chi connectivity index (χ4v) is 3.97. The first-order valence-electron chi connectivity index (χ1n) is 6.87. The number of hydrogen-bond donors (Lipinski definition) is 1. The second kappa shape index (κ2) is 5.25. The highest BCUT2D eigenvalue weighted by molar-refractivity contribution is 7.11. The van der Waals surface area contributed by atoms with Crippen molar-refractivity contribution in [2.45, 2.75) is 38.3 Å². The van der Waals surface area contributed by atoms with E-state index in [2.05, 4.69) is 11.8 Å². The molecular weight excluding hydrogens is 246 g/mol. The molecule has 1 aliphatic carbocycles. The third-order valence-electron chi connectivity index (χ3n) is 3.89. The van der Waals surface area contributed by atoms with Crippen LogP contribution in [0.15, 0.2) is 0 Å². The van der Waals surface area contributed by atoms with Gasteiger partial charge >= 0.3 is 0 Å². The van der Waals surface area contributed by atoms with Gasteiger partial charge in [0.15, 0.2) is 0 Å². The number of thiazole rings is 1. The Morgan fingerprint density at radius 1 is 1.56 bits per heavy atom. The van der Waals surface area contributed by atoms with Crippen LogP contribution in [0.3, 0.4) is 0 Å². The van der Waals surface area contributed by atoms with Gasteiger partial charge in [-0.25, -0.2) is 4.98 Å². The second-order valence-corrected chi connectivity index (χ2v) is 6.23. The number of hydrogen-bond acceptors (Lipinski definition) is 5. The fraction of sp³-hybridized carbons (Fsp3) is 0.769. The summed E-state index contributed by atoms with van der Waals surface area (Å²) in [4.78, 5) is 8.58. The predicted molar refractivity (Wildman–Crippen MR) is 72.8 cm³/mol. The number of aromatic nitrogens is 1. The highest BCUT2D eigenvalue weighted by Gasteiger charge is 2.28. The summed E-state index contributed by atoms with van der Waals surface area (Å²) < 4.78 is 5.87. The monoisotopic (exact) mass is 267 g/mol. The zero-order valence-electron chi connectivity index (χ0n) is 10.9. The summed E-state index contributed by atoms with van der Waals surface area (Å²) in [5.74, 6) is 0. The smallest absolute Gasteiger partial charge is 0.123 e. The quantitative estimate of drug-likeness (QED) is 0.889. The molecule has 0 saturated carbocycles. The lowest BCUT2D eigenvalue weighted by Gasteiger charge is -2.30. The number of fused-ring (bicyclic) bond motifs is 1. The van der Waals surface area contributed by atoms with Gasteiger partial charge in [-0.15, -0.1) is 11.3 Å². The van der Waals surface area contributed by atoms with E-state index in [1.165, 1.54) is 11.3 Å². The molecule has 0 bridgehead atoms. The normalized spacial score (nSPS) is 29.2. The minimum atomic E-state index is 0.143. The van der Waals surface area contributed by atoms with Crippen LogP contribution in [0.1, 0.15) is 47.5 Å². The lowest BCUT2D eigenvalue weighted by atomic mass is 9.99. The molecule has 2 atom stereocenters. The van der Waals surface area contributed by atoms with Crippen molar-refractivity contribution in [3.63, 3.8) is 0 Å². The maximum absolute atomic E-state index is 6.14. The highest BCUT2D eigenvalue weighted by atomic mass is 32.1. The molecule has 0 radical (unpaired) electrons. The van der Waals surface area contributed by atoms with Gasteiger partial charge in [-0.1, -0.05) is 6.92 Å². The zero-order chi connectivity index (χ0) is 12.5. The molecule has 2 N–H and O–H groups in total. The maximum atomic E-state index is 6.14. The summed E-state index contributed by atoms with van der Waals surface area (Å²) >= 11 is 1.82. The van der Waals surface area contributed by atoms with Crippen LogP contribution in [0, 0.1) is 0 Å². The molecule has 2 aliphatic rings. The lowest BCUT2D eigenvalue weighted by Crippen LogP contribution is -2.38. The summed E-state index contributed by atoms with van der Waals surface area (Å²) in [5, 5.41) is 1.13. The van der Waals surface area contributed by atoms with E-state index < -0.39 is 0 Å². The third-order valence-corrected chi connectivity index (χ3v) is 5.11. The van der Waals surface area contributed by atoms with Crippen LogP contribution in [0.4, 0.5) is 0 Å². The van der Waals surface area contributed by atoms with E-state index >= 15 is 0 Å². The number of ether oxygens (including phenoxy) is 1. The third kappa shape index (κ3) is 2.32. The van der Waals surface area contributed by atoms with E-state index in [1.807, 2.05) is 11.3 Å². The van der Waals surface area contributed by atoms with E-state index in [1.54, 1.807) is 0 Å². The molecule has 1 saturated heterocycles. The van der Waals surface area contributed by atoms with Gasteiger partial charge < -0.3 is 10.5 Å². The molecule has 1 fully saturated rings. The second-order valence-electron chi connectivity index (χ2n) is 5.11. The molecule has 18 heavy (non-hydrogen) atoms. The topological polar surface area (TPSA) is 51.4 Å². The molecule has 4 nitrogen and oxygen atoms in total. The number of likely N-dealkylation sites (N-methyl/N-ethyl adjacent to an activating group) is 1.